The van der Waals surface area contributed by atoms with Crippen molar-refractivity contribution in [2.75, 3.05) is 26.7 Å². The van der Waals surface area contributed by atoms with Crippen molar-refractivity contribution in [3.63, 3.8) is 0 Å². The lowest BCUT2D eigenvalue weighted by atomic mass is 9.97. The van der Waals surface area contributed by atoms with Crippen LogP contribution >= 0.6 is 0 Å². The van der Waals surface area contributed by atoms with E-state index < -0.39 is 6.04 Å². The first-order chi connectivity index (χ1) is 12.1. The number of carbonyl (C=O) groups excluding carboxylic acids is 2. The van der Waals surface area contributed by atoms with Crippen LogP contribution < -0.4 is 4.74 Å². The van der Waals surface area contributed by atoms with E-state index in [0.29, 0.717) is 26.1 Å². The van der Waals surface area contributed by atoms with Gasteiger partial charge in [0.05, 0.1) is 7.11 Å². The van der Waals surface area contributed by atoms with Gasteiger partial charge in [-0.05, 0) is 31.4 Å². The molecule has 0 spiro atoms. The quantitative estimate of drug-likeness (QED) is 0.786. The number of ether oxygens (including phenoxy) is 1. The minimum Gasteiger partial charge on any atom is -0.493 e. The lowest BCUT2D eigenvalue weighted by molar-refractivity contribution is -0.140. The molecule has 134 valence electrons. The molecule has 1 aromatic carbocycles. The van der Waals surface area contributed by atoms with Gasteiger partial charge in [0.25, 0.3) is 0 Å². The van der Waals surface area contributed by atoms with E-state index in [9.17, 15) is 14.0 Å². The van der Waals surface area contributed by atoms with Crippen LogP contribution in [0.5, 0.6) is 5.75 Å². The highest BCUT2D eigenvalue weighted by Crippen LogP contribution is 2.35. The van der Waals surface area contributed by atoms with E-state index in [0.717, 1.165) is 18.4 Å². The van der Waals surface area contributed by atoms with Crippen molar-refractivity contribution in [1.29, 1.82) is 0 Å². The molecule has 2 atom stereocenters. The second kappa shape index (κ2) is 7.25. The molecule has 2 unspecified atom stereocenters. The number of hydrogen-bond acceptors (Lipinski definition) is 3. The summed E-state index contributed by atoms with van der Waals surface area (Å²) in [6.45, 7) is 5.23. The van der Waals surface area contributed by atoms with Crippen LogP contribution in [0.3, 0.4) is 0 Å². The number of carbonyl (C=O) groups is 2. The summed E-state index contributed by atoms with van der Waals surface area (Å²) in [5, 5.41) is 0. The summed E-state index contributed by atoms with van der Waals surface area (Å²) in [4.78, 5) is 28.2. The molecule has 2 fully saturated rings. The van der Waals surface area contributed by atoms with Crippen LogP contribution in [0, 0.1) is 5.82 Å². The third kappa shape index (κ3) is 3.25. The molecule has 3 rings (SSSR count). The van der Waals surface area contributed by atoms with Gasteiger partial charge in [-0.25, -0.2) is 4.39 Å². The number of likely N-dealkylation sites (tertiary alicyclic amines) is 2. The van der Waals surface area contributed by atoms with Gasteiger partial charge in [-0.15, -0.1) is 0 Å². The van der Waals surface area contributed by atoms with Crippen molar-refractivity contribution >= 4 is 11.8 Å². The minimum absolute atomic E-state index is 0.0226. The molecule has 0 saturated carbocycles. The Balaban J connectivity index is 1.73. The summed E-state index contributed by atoms with van der Waals surface area (Å²) >= 11 is 0. The molecule has 1 aromatic rings. The Kier molecular flexibility index (Phi) is 5.06. The fraction of sp³-hybridized carbons (Fsp3) is 0.474. The topological polar surface area (TPSA) is 49.9 Å². The number of rotatable bonds is 4. The lowest BCUT2D eigenvalue weighted by Gasteiger charge is -2.27. The van der Waals surface area contributed by atoms with Crippen molar-refractivity contribution in [2.45, 2.75) is 31.2 Å². The Morgan fingerprint density at radius 2 is 2.12 bits per heavy atom. The van der Waals surface area contributed by atoms with Crippen molar-refractivity contribution < 1.29 is 18.7 Å². The molecule has 0 aromatic heterocycles. The van der Waals surface area contributed by atoms with Gasteiger partial charge in [-0.3, -0.25) is 9.59 Å². The summed E-state index contributed by atoms with van der Waals surface area (Å²) in [5.41, 5.74) is 0.795. The summed E-state index contributed by atoms with van der Waals surface area (Å²) in [7, 11) is 1.46. The number of para-hydroxylation sites is 1. The summed E-state index contributed by atoms with van der Waals surface area (Å²) in [5.74, 6) is -0.307. The second-order valence-corrected chi connectivity index (χ2v) is 6.53. The van der Waals surface area contributed by atoms with Crippen LogP contribution in [-0.4, -0.2) is 54.4 Å². The third-order valence-corrected chi connectivity index (χ3v) is 5.14. The predicted molar refractivity (Wildman–Crippen MR) is 91.8 cm³/mol. The van der Waals surface area contributed by atoms with E-state index in [1.165, 1.54) is 19.3 Å². The number of hydrogen-bond donors (Lipinski definition) is 0. The van der Waals surface area contributed by atoms with E-state index in [4.69, 9.17) is 4.74 Å². The molecular weight excluding hydrogens is 323 g/mol. The maximum atomic E-state index is 13.9. The molecular formula is C19H23FN2O3. The molecule has 25 heavy (non-hydrogen) atoms. The number of halogens is 1. The second-order valence-electron chi connectivity index (χ2n) is 6.53. The monoisotopic (exact) mass is 346 g/mol. The van der Waals surface area contributed by atoms with Gasteiger partial charge in [0, 0.05) is 31.1 Å². The van der Waals surface area contributed by atoms with Crippen molar-refractivity contribution in [1.82, 2.24) is 9.80 Å². The van der Waals surface area contributed by atoms with Gasteiger partial charge < -0.3 is 14.5 Å². The van der Waals surface area contributed by atoms with E-state index in [1.54, 1.807) is 15.9 Å². The molecule has 2 heterocycles. The van der Waals surface area contributed by atoms with Crippen LogP contribution in [0.1, 0.15) is 30.7 Å². The molecule has 0 radical (unpaired) electrons. The predicted octanol–water partition coefficient (Wildman–Crippen LogP) is 2.33. The molecule has 2 aliphatic rings. The number of amides is 2. The van der Waals surface area contributed by atoms with E-state index >= 15 is 0 Å². The van der Waals surface area contributed by atoms with Crippen LogP contribution in [0.4, 0.5) is 4.39 Å². The maximum Gasteiger partial charge on any atom is 0.246 e. The van der Waals surface area contributed by atoms with E-state index in [2.05, 4.69) is 6.58 Å². The Bertz CT molecular complexity index is 691. The highest BCUT2D eigenvalue weighted by molar-refractivity contribution is 5.93. The standard InChI is InChI=1S/C19H23FN2O3/c1-3-17(23)22-10-5-8-16(22)19(24)21-11-9-13(12-21)14-6-4-7-15(20)18(14)25-2/h3-4,6-7,13,16H,1,5,8-12H2,2H3. The van der Waals surface area contributed by atoms with Crippen molar-refractivity contribution in [2.24, 2.45) is 0 Å². The molecule has 2 saturated heterocycles. The Morgan fingerprint density at radius 1 is 1.32 bits per heavy atom. The summed E-state index contributed by atoms with van der Waals surface area (Å²) < 4.78 is 19.1. The van der Waals surface area contributed by atoms with Crippen molar-refractivity contribution in [3.05, 3.63) is 42.2 Å². The zero-order valence-corrected chi connectivity index (χ0v) is 14.4. The Morgan fingerprint density at radius 3 is 2.84 bits per heavy atom. The summed E-state index contributed by atoms with van der Waals surface area (Å²) in [6.07, 6.45) is 3.53. The van der Waals surface area contributed by atoms with Crippen LogP contribution in [-0.2, 0) is 9.59 Å². The Hall–Kier alpha value is -2.37. The Labute approximate surface area is 147 Å². The van der Waals surface area contributed by atoms with Gasteiger partial charge in [-0.2, -0.15) is 0 Å². The van der Waals surface area contributed by atoms with Crippen molar-refractivity contribution in [3.8, 4) is 5.75 Å². The lowest BCUT2D eigenvalue weighted by Crippen LogP contribution is -2.46. The fourth-order valence-electron chi connectivity index (χ4n) is 3.89. The van der Waals surface area contributed by atoms with Crippen LogP contribution in [0.25, 0.3) is 0 Å². The average Bonchev–Trinajstić information content (AvgIpc) is 3.29. The molecule has 0 N–H and O–H groups in total. The van der Waals surface area contributed by atoms with E-state index in [-0.39, 0.29) is 29.3 Å². The normalized spacial score (nSPS) is 23.0. The van der Waals surface area contributed by atoms with Gasteiger partial charge in [0.2, 0.25) is 11.8 Å². The average molecular weight is 346 g/mol. The maximum absolute atomic E-state index is 13.9. The van der Waals surface area contributed by atoms with Gasteiger partial charge in [0.15, 0.2) is 11.6 Å². The van der Waals surface area contributed by atoms with E-state index in [1.807, 2.05) is 6.07 Å². The highest BCUT2D eigenvalue weighted by atomic mass is 19.1. The molecule has 6 heteroatoms. The largest absolute Gasteiger partial charge is 0.493 e. The molecule has 2 aliphatic heterocycles. The number of methoxy groups -OCH3 is 1. The first-order valence-electron chi connectivity index (χ1n) is 8.61. The van der Waals surface area contributed by atoms with Gasteiger partial charge in [0.1, 0.15) is 6.04 Å². The van der Waals surface area contributed by atoms with Crippen LogP contribution in [0.2, 0.25) is 0 Å². The highest BCUT2D eigenvalue weighted by Gasteiger charge is 2.38. The molecule has 5 nitrogen and oxygen atoms in total. The molecule has 0 aliphatic carbocycles. The zero-order valence-electron chi connectivity index (χ0n) is 14.4. The number of nitrogens with zero attached hydrogens (tertiary/aromatic N) is 2. The summed E-state index contributed by atoms with van der Waals surface area (Å²) in [6, 6.07) is 4.49. The number of benzene rings is 1. The zero-order chi connectivity index (χ0) is 18.0. The minimum atomic E-state index is -0.404. The fourth-order valence-corrected chi connectivity index (χ4v) is 3.89. The third-order valence-electron chi connectivity index (χ3n) is 5.14. The van der Waals surface area contributed by atoms with Crippen LogP contribution in [0.15, 0.2) is 30.9 Å². The molecule has 2 amide bonds. The van der Waals surface area contributed by atoms with Gasteiger partial charge >= 0.3 is 0 Å². The first-order valence-corrected chi connectivity index (χ1v) is 8.61. The SMILES string of the molecule is C=CC(=O)N1CCCC1C(=O)N1CCC(c2cccc(F)c2OC)C1. The first kappa shape index (κ1) is 17.5. The molecule has 0 bridgehead atoms. The van der Waals surface area contributed by atoms with Gasteiger partial charge in [-0.1, -0.05) is 18.7 Å². The smallest absolute Gasteiger partial charge is 0.246 e.